The molecule has 2 rings (SSSR count). The first kappa shape index (κ1) is 15.0. The first-order valence-corrected chi connectivity index (χ1v) is 7.39. The zero-order chi connectivity index (χ0) is 14.7. The summed E-state index contributed by atoms with van der Waals surface area (Å²) >= 11 is 0. The second kappa shape index (κ2) is 6.39. The van der Waals surface area contributed by atoms with Gasteiger partial charge in [0.1, 0.15) is 0 Å². The van der Waals surface area contributed by atoms with Crippen molar-refractivity contribution in [3.63, 3.8) is 0 Å². The zero-order valence-corrected chi connectivity index (χ0v) is 12.3. The van der Waals surface area contributed by atoms with Crippen LogP contribution in [0.4, 0.5) is 0 Å². The number of likely N-dealkylation sites (tertiary alicyclic amines) is 1. The van der Waals surface area contributed by atoms with Gasteiger partial charge in [-0.25, -0.2) is 0 Å². The van der Waals surface area contributed by atoms with Crippen molar-refractivity contribution in [2.45, 2.75) is 33.1 Å². The average molecular weight is 280 g/mol. The standard InChI is InChI=1S/C15H24N2O3/c1-10(6-14(18)19)12-4-3-5-17(9-12)15(20)11(2)13-7-16-8-13/h10,12,16H,3-9H2,1-2H3,(H,18,19). The normalized spacial score (nSPS) is 24.0. The van der Waals surface area contributed by atoms with Crippen LogP contribution in [-0.4, -0.2) is 48.1 Å². The van der Waals surface area contributed by atoms with E-state index in [9.17, 15) is 9.59 Å². The maximum atomic E-state index is 12.4. The van der Waals surface area contributed by atoms with E-state index in [4.69, 9.17) is 5.11 Å². The van der Waals surface area contributed by atoms with Crippen LogP contribution in [0.1, 0.15) is 33.1 Å². The van der Waals surface area contributed by atoms with Gasteiger partial charge in [-0.2, -0.15) is 0 Å². The SMILES string of the molecule is CC(C(=O)N1CCCC(C(C)CC(=O)O)C1)=C1CNC1. The van der Waals surface area contributed by atoms with Crippen LogP contribution in [0.25, 0.3) is 0 Å². The molecule has 2 heterocycles. The Bertz CT molecular complexity index is 425. The summed E-state index contributed by atoms with van der Waals surface area (Å²) in [5.41, 5.74) is 2.07. The van der Waals surface area contributed by atoms with E-state index in [1.54, 1.807) is 0 Å². The third-order valence-corrected chi connectivity index (χ3v) is 4.57. The summed E-state index contributed by atoms with van der Waals surface area (Å²) < 4.78 is 0. The summed E-state index contributed by atoms with van der Waals surface area (Å²) in [7, 11) is 0. The summed E-state index contributed by atoms with van der Waals surface area (Å²) in [5, 5.41) is 12.0. The van der Waals surface area contributed by atoms with E-state index in [-0.39, 0.29) is 18.2 Å². The molecule has 0 aromatic carbocycles. The van der Waals surface area contributed by atoms with E-state index < -0.39 is 5.97 Å². The Balaban J connectivity index is 1.96. The molecule has 5 nitrogen and oxygen atoms in total. The van der Waals surface area contributed by atoms with Crippen molar-refractivity contribution in [2.24, 2.45) is 11.8 Å². The summed E-state index contributed by atoms with van der Waals surface area (Å²) in [6.45, 7) is 7.03. The zero-order valence-electron chi connectivity index (χ0n) is 12.3. The first-order valence-electron chi connectivity index (χ1n) is 7.39. The first-order chi connectivity index (χ1) is 9.49. The van der Waals surface area contributed by atoms with Gasteiger partial charge in [-0.05, 0) is 37.2 Å². The predicted molar refractivity (Wildman–Crippen MR) is 76.3 cm³/mol. The fraction of sp³-hybridized carbons (Fsp3) is 0.733. The number of rotatable bonds is 4. The molecule has 2 fully saturated rings. The predicted octanol–water partition coefficient (Wildman–Crippen LogP) is 1.26. The van der Waals surface area contributed by atoms with Crippen molar-refractivity contribution in [2.75, 3.05) is 26.2 Å². The molecular weight excluding hydrogens is 256 g/mol. The minimum absolute atomic E-state index is 0.126. The van der Waals surface area contributed by atoms with Gasteiger partial charge in [-0.15, -0.1) is 0 Å². The van der Waals surface area contributed by atoms with Crippen LogP contribution in [0.15, 0.2) is 11.1 Å². The molecule has 5 heteroatoms. The number of nitrogens with one attached hydrogen (secondary N) is 1. The Hall–Kier alpha value is -1.36. The molecule has 0 spiro atoms. The lowest BCUT2D eigenvalue weighted by molar-refractivity contribution is -0.138. The molecule has 0 radical (unpaired) electrons. The Morgan fingerprint density at radius 3 is 2.70 bits per heavy atom. The number of nitrogens with zero attached hydrogens (tertiary/aromatic N) is 1. The van der Waals surface area contributed by atoms with E-state index in [0.717, 1.165) is 38.0 Å². The van der Waals surface area contributed by atoms with E-state index in [1.165, 1.54) is 5.57 Å². The van der Waals surface area contributed by atoms with Crippen LogP contribution < -0.4 is 5.32 Å². The Labute approximate surface area is 120 Å². The lowest BCUT2D eigenvalue weighted by Crippen LogP contribution is -2.44. The fourth-order valence-corrected chi connectivity index (χ4v) is 3.00. The van der Waals surface area contributed by atoms with Crippen molar-refractivity contribution >= 4 is 11.9 Å². The summed E-state index contributed by atoms with van der Waals surface area (Å²) in [5.74, 6) is -0.184. The smallest absolute Gasteiger partial charge is 0.303 e. The van der Waals surface area contributed by atoms with Crippen molar-refractivity contribution in [1.29, 1.82) is 0 Å². The van der Waals surface area contributed by atoms with Crippen LogP contribution in [0.5, 0.6) is 0 Å². The topological polar surface area (TPSA) is 69.6 Å². The molecule has 0 aromatic heterocycles. The van der Waals surface area contributed by atoms with Gasteiger partial charge < -0.3 is 15.3 Å². The van der Waals surface area contributed by atoms with Crippen molar-refractivity contribution in [3.05, 3.63) is 11.1 Å². The molecule has 2 aliphatic heterocycles. The number of carbonyl (C=O) groups excluding carboxylic acids is 1. The minimum atomic E-state index is -0.750. The van der Waals surface area contributed by atoms with Gasteiger partial charge in [-0.3, -0.25) is 9.59 Å². The van der Waals surface area contributed by atoms with Gasteiger partial charge in [0, 0.05) is 38.2 Å². The molecule has 20 heavy (non-hydrogen) atoms. The molecule has 1 amide bonds. The third kappa shape index (κ3) is 3.39. The quantitative estimate of drug-likeness (QED) is 0.761. The highest BCUT2D eigenvalue weighted by molar-refractivity contribution is 5.94. The minimum Gasteiger partial charge on any atom is -0.481 e. The Morgan fingerprint density at radius 2 is 2.15 bits per heavy atom. The number of carboxylic acids is 1. The monoisotopic (exact) mass is 280 g/mol. The van der Waals surface area contributed by atoms with Crippen LogP contribution >= 0.6 is 0 Å². The molecule has 0 bridgehead atoms. The molecule has 0 aromatic rings. The van der Waals surface area contributed by atoms with Crippen LogP contribution in [-0.2, 0) is 9.59 Å². The number of hydrogen-bond acceptors (Lipinski definition) is 3. The highest BCUT2D eigenvalue weighted by Gasteiger charge is 2.29. The molecule has 2 atom stereocenters. The highest BCUT2D eigenvalue weighted by atomic mass is 16.4. The summed E-state index contributed by atoms with van der Waals surface area (Å²) in [6, 6.07) is 0. The maximum absolute atomic E-state index is 12.4. The molecule has 112 valence electrons. The number of carbonyl (C=O) groups is 2. The van der Waals surface area contributed by atoms with Gasteiger partial charge in [0.05, 0.1) is 0 Å². The number of hydrogen-bond donors (Lipinski definition) is 2. The number of carboxylic acid groups (broad SMARTS) is 1. The lowest BCUT2D eigenvalue weighted by atomic mass is 9.84. The van der Waals surface area contributed by atoms with Gasteiger partial charge in [0.25, 0.3) is 0 Å². The van der Waals surface area contributed by atoms with E-state index in [1.807, 2.05) is 18.7 Å². The van der Waals surface area contributed by atoms with Crippen molar-refractivity contribution < 1.29 is 14.7 Å². The molecule has 0 aliphatic carbocycles. The molecular formula is C15H24N2O3. The van der Waals surface area contributed by atoms with Crippen molar-refractivity contribution in [1.82, 2.24) is 10.2 Å². The number of piperidine rings is 1. The number of amides is 1. The van der Waals surface area contributed by atoms with Gasteiger partial charge >= 0.3 is 5.97 Å². The van der Waals surface area contributed by atoms with E-state index >= 15 is 0 Å². The molecule has 0 saturated carbocycles. The molecule has 2 unspecified atom stereocenters. The number of aliphatic carboxylic acids is 1. The van der Waals surface area contributed by atoms with Gasteiger partial charge in [0.2, 0.25) is 5.91 Å². The second-order valence-electron chi connectivity index (χ2n) is 6.06. The Kier molecular flexibility index (Phi) is 4.81. The van der Waals surface area contributed by atoms with Crippen LogP contribution in [0, 0.1) is 11.8 Å². The maximum Gasteiger partial charge on any atom is 0.303 e. The van der Waals surface area contributed by atoms with Gasteiger partial charge in [-0.1, -0.05) is 6.92 Å². The molecule has 2 N–H and O–H groups in total. The Morgan fingerprint density at radius 1 is 1.45 bits per heavy atom. The van der Waals surface area contributed by atoms with E-state index in [0.29, 0.717) is 12.5 Å². The summed E-state index contributed by atoms with van der Waals surface area (Å²) in [6.07, 6.45) is 2.19. The lowest BCUT2D eigenvalue weighted by Gasteiger charge is -2.36. The fourth-order valence-electron chi connectivity index (χ4n) is 3.00. The second-order valence-corrected chi connectivity index (χ2v) is 6.06. The van der Waals surface area contributed by atoms with Crippen LogP contribution in [0.3, 0.4) is 0 Å². The molecule has 2 saturated heterocycles. The van der Waals surface area contributed by atoms with E-state index in [2.05, 4.69) is 5.32 Å². The average Bonchev–Trinajstić information content (AvgIpc) is 2.35. The highest BCUT2D eigenvalue weighted by Crippen LogP contribution is 2.27. The molecule has 2 aliphatic rings. The third-order valence-electron chi connectivity index (χ3n) is 4.57. The summed E-state index contributed by atoms with van der Waals surface area (Å²) in [4.78, 5) is 25.2. The largest absolute Gasteiger partial charge is 0.481 e. The van der Waals surface area contributed by atoms with Crippen molar-refractivity contribution in [3.8, 4) is 0 Å². The van der Waals surface area contributed by atoms with Crippen LogP contribution in [0.2, 0.25) is 0 Å². The van der Waals surface area contributed by atoms with Gasteiger partial charge in [0.15, 0.2) is 0 Å².